The number of allylic oxidation sites excluding steroid dienone is 3. The fraction of sp³-hybridized carbons (Fsp3) is 0.425. The second-order valence-electron chi connectivity index (χ2n) is 13.6. The Balaban J connectivity index is 0.00000486. The summed E-state index contributed by atoms with van der Waals surface area (Å²) >= 11 is 0. The Hall–Kier alpha value is -4.02. The zero-order valence-electron chi connectivity index (χ0n) is 30.6. The van der Waals surface area contributed by atoms with Gasteiger partial charge >= 0.3 is 35.0 Å². The molecule has 1 fully saturated rings. The van der Waals surface area contributed by atoms with Crippen molar-refractivity contribution in [3.8, 4) is 0 Å². The Bertz CT molecular complexity index is 2100. The molecular formula is C40H44MgN4O5-2. The van der Waals surface area contributed by atoms with Crippen molar-refractivity contribution in [2.45, 2.75) is 81.1 Å². The zero-order chi connectivity index (χ0) is 35.3. The van der Waals surface area contributed by atoms with E-state index in [1.807, 2.05) is 58.9 Å². The van der Waals surface area contributed by atoms with E-state index in [0.29, 0.717) is 40.2 Å². The summed E-state index contributed by atoms with van der Waals surface area (Å²) in [5.41, 5.74) is 10.9. The minimum absolute atomic E-state index is 0. The average molecular weight is 685 g/mol. The predicted molar refractivity (Wildman–Crippen MR) is 195 cm³/mol. The molecule has 0 amide bonds. The van der Waals surface area contributed by atoms with Gasteiger partial charge in [0, 0.05) is 12.0 Å². The topological polar surface area (TPSA) is 126 Å². The Morgan fingerprint density at radius 1 is 0.860 bits per heavy atom. The third-order valence-electron chi connectivity index (χ3n) is 10.6. The van der Waals surface area contributed by atoms with Crippen LogP contribution in [0.15, 0.2) is 23.0 Å². The Morgan fingerprint density at radius 3 is 2.10 bits per heavy atom. The summed E-state index contributed by atoms with van der Waals surface area (Å²) < 4.78 is 10.8. The summed E-state index contributed by atoms with van der Waals surface area (Å²) in [6.07, 6.45) is 10.4. The van der Waals surface area contributed by atoms with Gasteiger partial charge in [0.2, 0.25) is 0 Å². The van der Waals surface area contributed by atoms with E-state index in [-0.39, 0.29) is 59.7 Å². The smallest absolute Gasteiger partial charge is 0.664 e. The summed E-state index contributed by atoms with van der Waals surface area (Å²) in [7, 11) is 1.29. The van der Waals surface area contributed by atoms with Crippen LogP contribution >= 0.6 is 0 Å². The molecule has 0 N–H and O–H groups in total. The van der Waals surface area contributed by atoms with Crippen molar-refractivity contribution in [3.05, 3.63) is 95.2 Å². The molecule has 258 valence electrons. The first-order chi connectivity index (χ1) is 23.4. The van der Waals surface area contributed by atoms with Crippen LogP contribution in [-0.4, -0.2) is 54.5 Å². The largest absolute Gasteiger partial charge is 2.00 e. The van der Waals surface area contributed by atoms with Crippen LogP contribution in [0.4, 0.5) is 0 Å². The molecule has 1 aliphatic carbocycles. The van der Waals surface area contributed by atoms with Crippen molar-refractivity contribution < 1.29 is 23.9 Å². The van der Waals surface area contributed by atoms with Gasteiger partial charge in [-0.2, -0.15) is 11.4 Å². The number of aromatic nitrogens is 3. The van der Waals surface area contributed by atoms with Gasteiger partial charge in [0.25, 0.3) is 0 Å². The van der Waals surface area contributed by atoms with Crippen LogP contribution in [0.5, 0.6) is 0 Å². The number of hydrogen-bond acceptors (Lipinski definition) is 5. The molecule has 9 nitrogen and oxygen atoms in total. The molecule has 2 aliphatic heterocycles. The summed E-state index contributed by atoms with van der Waals surface area (Å²) in [6, 6.07) is 0. The van der Waals surface area contributed by atoms with Crippen molar-refractivity contribution in [2.24, 2.45) is 17.8 Å². The van der Waals surface area contributed by atoms with Crippen LogP contribution in [0.25, 0.3) is 29.1 Å². The molecule has 6 rings (SSSR count). The van der Waals surface area contributed by atoms with Gasteiger partial charge in [-0.3, -0.25) is 14.4 Å². The number of Topliss-reactive ketones (excluding diaryl/α,β-unsaturated/α-hetero) is 1. The van der Waals surface area contributed by atoms with E-state index in [0.717, 1.165) is 62.9 Å². The standard InChI is InChI=1S/C40H45N4O5.Mg/c1-10-11-19(2)14-15-49-33(45)13-12-26-24(7)31-17-29-22(5)20(3)27(41-29)16-28-21(4)23(6)30(42-28)18-32-25(8)34-38(44-32)35(37(26)43-31)36(39(34)46)40(47)48-9;/h14,16-18,24,26,36H,10-13,15H2,1-9H3,(H-,43,44,46);/q-3;+2/p-1/b19-14-,28-16-,30-18-,31-17-;/t24-,26-,36+;/m0./s1. The van der Waals surface area contributed by atoms with Gasteiger partial charge in [0.1, 0.15) is 12.5 Å². The number of ketones is 1. The first-order valence-corrected chi connectivity index (χ1v) is 17.1. The Kier molecular flexibility index (Phi) is 10.9. The van der Waals surface area contributed by atoms with Crippen molar-refractivity contribution >= 4 is 64.6 Å². The molecule has 8 bridgehead atoms. The fourth-order valence-electron chi connectivity index (χ4n) is 7.25. The van der Waals surface area contributed by atoms with E-state index in [9.17, 15) is 14.4 Å². The summed E-state index contributed by atoms with van der Waals surface area (Å²) in [6.45, 7) is 16.5. The van der Waals surface area contributed by atoms with Crippen molar-refractivity contribution in [2.75, 3.05) is 13.7 Å². The van der Waals surface area contributed by atoms with Crippen molar-refractivity contribution in [1.82, 2.24) is 15.0 Å². The van der Waals surface area contributed by atoms with E-state index >= 15 is 0 Å². The van der Waals surface area contributed by atoms with E-state index < -0.39 is 11.9 Å². The number of fused-ring (bicyclic) bond motifs is 7. The number of nitrogens with zero attached hydrogens (tertiary/aromatic N) is 4. The number of esters is 2. The van der Waals surface area contributed by atoms with Gasteiger partial charge in [0.05, 0.1) is 7.11 Å². The van der Waals surface area contributed by atoms with Crippen LogP contribution in [0.3, 0.4) is 0 Å². The van der Waals surface area contributed by atoms with E-state index in [4.69, 9.17) is 29.7 Å². The average Bonchev–Trinajstić information content (AvgIpc) is 3.79. The second kappa shape index (κ2) is 14.7. The number of hydrogen-bond donors (Lipinski definition) is 0. The second-order valence-corrected chi connectivity index (χ2v) is 13.6. The van der Waals surface area contributed by atoms with Gasteiger partial charge in [-0.15, -0.1) is 33.5 Å². The molecule has 0 radical (unpaired) electrons. The Morgan fingerprint density at radius 2 is 1.48 bits per heavy atom. The molecule has 3 aliphatic rings. The van der Waals surface area contributed by atoms with Gasteiger partial charge in [-0.25, -0.2) is 0 Å². The van der Waals surface area contributed by atoms with E-state index in [2.05, 4.69) is 20.8 Å². The van der Waals surface area contributed by atoms with Gasteiger partial charge in [-0.05, 0) is 72.3 Å². The van der Waals surface area contributed by atoms with Crippen LogP contribution in [-0.2, 0) is 19.1 Å². The van der Waals surface area contributed by atoms with E-state index in [1.54, 1.807) is 0 Å². The van der Waals surface area contributed by atoms with Crippen LogP contribution in [0, 0.1) is 52.4 Å². The number of carbonyl (C=O) groups is 3. The van der Waals surface area contributed by atoms with Crippen molar-refractivity contribution in [1.29, 1.82) is 0 Å². The first kappa shape index (κ1) is 37.2. The van der Waals surface area contributed by atoms with E-state index in [1.165, 1.54) is 12.7 Å². The van der Waals surface area contributed by atoms with Gasteiger partial charge in [-0.1, -0.05) is 77.5 Å². The molecule has 0 unspecified atom stereocenters. The summed E-state index contributed by atoms with van der Waals surface area (Å²) in [4.78, 5) is 55.5. The molecule has 50 heavy (non-hydrogen) atoms. The maximum absolute atomic E-state index is 14.1. The molecular weight excluding hydrogens is 641 g/mol. The first-order valence-electron chi connectivity index (χ1n) is 17.1. The number of ether oxygens (including phenoxy) is 2. The third-order valence-corrected chi connectivity index (χ3v) is 10.6. The maximum Gasteiger partial charge on any atom is 2.00 e. The maximum atomic E-state index is 14.1. The molecule has 0 spiro atoms. The molecule has 0 saturated carbocycles. The molecule has 3 atom stereocenters. The normalized spacial score (nSPS) is 23.2. The minimum atomic E-state index is -1.20. The Labute approximate surface area is 309 Å². The molecule has 5 heterocycles. The summed E-state index contributed by atoms with van der Waals surface area (Å²) in [5.74, 6) is -2.95. The summed E-state index contributed by atoms with van der Waals surface area (Å²) in [5, 5.41) is 6.76. The van der Waals surface area contributed by atoms with Crippen LogP contribution in [0.2, 0.25) is 0 Å². The quantitative estimate of drug-likeness (QED) is 0.138. The number of carbonyl (C=O) groups excluding carboxylic acids is 3. The SMILES string of the molecule is CCC/C(C)=C\COC(=O)CC[C@@H]1/C2=C3/c4[n-]c(c(C)c4C(=O)[C@@H]3C(=O)OC)/C=c3\[n-]/c(c(C)c3C)=C\c3[n-]c(c(C)c3C)/C=C(\[N-]2)[C@H]1C.[Mg+2]. The van der Waals surface area contributed by atoms with Crippen molar-refractivity contribution in [3.63, 3.8) is 0 Å². The third kappa shape index (κ3) is 6.48. The number of methoxy groups -OCH3 is 1. The van der Waals surface area contributed by atoms with Gasteiger partial charge < -0.3 is 29.7 Å². The fourth-order valence-corrected chi connectivity index (χ4v) is 7.25. The molecule has 10 heteroatoms. The molecule has 3 aromatic heterocycles. The predicted octanol–water partition coefficient (Wildman–Crippen LogP) is 5.14. The molecule has 3 aromatic rings. The monoisotopic (exact) mass is 684 g/mol. The zero-order valence-corrected chi connectivity index (χ0v) is 32.0. The molecule has 1 saturated heterocycles. The van der Waals surface area contributed by atoms with Crippen LogP contribution in [0.1, 0.15) is 107 Å². The number of rotatable bonds is 8. The van der Waals surface area contributed by atoms with Gasteiger partial charge in [0.15, 0.2) is 5.78 Å². The van der Waals surface area contributed by atoms with Crippen LogP contribution < -0.4 is 25.7 Å². The molecule has 0 aromatic carbocycles. The minimum Gasteiger partial charge on any atom is -0.664 e.